The molecular weight excluding hydrogens is 394 g/mol. The number of carbonyl (C=O) groups excluding carboxylic acids is 1. The minimum absolute atomic E-state index is 0. The second-order valence-corrected chi connectivity index (χ2v) is 8.84. The zero-order chi connectivity index (χ0) is 18.7. The molecule has 0 aliphatic heterocycles. The average molecular weight is 418 g/mol. The predicted molar refractivity (Wildman–Crippen MR) is 94.7 cm³/mol. The van der Waals surface area contributed by atoms with Crippen LogP contribution in [-0.2, 0) is 30.5 Å². The van der Waals surface area contributed by atoms with Crippen molar-refractivity contribution in [3.05, 3.63) is 28.8 Å². The third-order valence-corrected chi connectivity index (χ3v) is 4.13. The van der Waals surface area contributed by atoms with Gasteiger partial charge in [0, 0.05) is 5.56 Å². The van der Waals surface area contributed by atoms with Crippen LogP contribution in [0.1, 0.15) is 56.7 Å². The van der Waals surface area contributed by atoms with Crippen LogP contribution in [-0.4, -0.2) is 19.3 Å². The SMILES string of the molecule is CCC(C)(C)c1c(C)cc(C)cc1OC(=O)C1CC1.O=S([O-])([O-])=S.[Na+].[Na+]. The fourth-order valence-electron chi connectivity index (χ4n) is 2.56. The third kappa shape index (κ3) is 10.5. The van der Waals surface area contributed by atoms with Crippen LogP contribution < -0.4 is 63.9 Å². The van der Waals surface area contributed by atoms with Gasteiger partial charge in [-0.15, -0.1) is 9.05 Å². The Morgan fingerprint density at radius 1 is 1.27 bits per heavy atom. The first-order valence-corrected chi connectivity index (χ1v) is 10.2. The van der Waals surface area contributed by atoms with Gasteiger partial charge in [0.05, 0.1) is 5.92 Å². The molecule has 9 heteroatoms. The molecule has 1 saturated carbocycles. The molecule has 5 nitrogen and oxygen atoms in total. The Hall–Kier alpha value is 0.980. The van der Waals surface area contributed by atoms with Crippen LogP contribution in [0.3, 0.4) is 0 Å². The van der Waals surface area contributed by atoms with Crippen LogP contribution in [0.5, 0.6) is 5.75 Å². The average Bonchev–Trinajstić information content (AvgIpc) is 3.19. The number of hydrogen-bond donors (Lipinski definition) is 0. The molecule has 1 aromatic rings. The van der Waals surface area contributed by atoms with Gasteiger partial charge >= 0.3 is 65.1 Å². The van der Waals surface area contributed by atoms with E-state index in [0.29, 0.717) is 0 Å². The number of aryl methyl sites for hydroxylation is 2. The monoisotopic (exact) mass is 418 g/mol. The summed E-state index contributed by atoms with van der Waals surface area (Å²) in [4.78, 5) is 11.9. The van der Waals surface area contributed by atoms with Crippen LogP contribution in [0.4, 0.5) is 0 Å². The first kappa shape index (κ1) is 29.2. The van der Waals surface area contributed by atoms with Crippen LogP contribution in [0, 0.1) is 19.8 Å². The fourth-order valence-corrected chi connectivity index (χ4v) is 2.56. The zero-order valence-electron chi connectivity index (χ0n) is 16.7. The molecule has 1 aromatic carbocycles. The fraction of sp³-hybridized carbons (Fsp3) is 0.588. The van der Waals surface area contributed by atoms with E-state index in [1.807, 2.05) is 13.0 Å². The van der Waals surface area contributed by atoms with Gasteiger partial charge in [0.25, 0.3) is 0 Å². The summed E-state index contributed by atoms with van der Waals surface area (Å²) >= 11 is 3.24. The number of rotatable bonds is 4. The van der Waals surface area contributed by atoms with E-state index in [1.165, 1.54) is 11.1 Å². The van der Waals surface area contributed by atoms with Gasteiger partial charge in [0.2, 0.25) is 0 Å². The number of hydrogen-bond acceptors (Lipinski definition) is 6. The number of esters is 1. The molecule has 0 radical (unpaired) electrons. The second-order valence-electron chi connectivity index (χ2n) is 6.80. The van der Waals surface area contributed by atoms with Crippen LogP contribution in [0.2, 0.25) is 0 Å². The van der Waals surface area contributed by atoms with Gasteiger partial charge in [-0.3, -0.25) is 9.00 Å². The summed E-state index contributed by atoms with van der Waals surface area (Å²) in [7, 11) is -4.33. The molecule has 26 heavy (non-hydrogen) atoms. The molecule has 0 saturated heterocycles. The summed E-state index contributed by atoms with van der Waals surface area (Å²) in [6.07, 6.45) is 2.98. The standard InChI is InChI=1S/C17H24O2.2Na.H2O3S2/c1-6-17(4,5)15-12(3)9-11(2)10-14(15)19-16(18)13-7-8-13;;;1-5(2,3)4/h9-10,13H,6-8H2,1-5H3;;;(H2,1,2,3,4)/q;2*+1;/p-2. The maximum atomic E-state index is 11.9. The first-order valence-electron chi connectivity index (χ1n) is 7.85. The first-order chi connectivity index (χ1) is 10.8. The number of benzene rings is 1. The molecular formula is C17H24Na2O5S2. The summed E-state index contributed by atoms with van der Waals surface area (Å²) in [6, 6.07) is 4.17. The van der Waals surface area contributed by atoms with E-state index in [1.54, 1.807) is 0 Å². The molecule has 0 unspecified atom stereocenters. The summed E-state index contributed by atoms with van der Waals surface area (Å²) in [5.74, 6) is 0.845. The molecule has 1 fully saturated rings. The Kier molecular flexibility index (Phi) is 13.3. The molecule has 1 aliphatic rings. The Balaban J connectivity index is 0. The minimum atomic E-state index is -4.33. The maximum absolute atomic E-state index is 11.9. The maximum Gasteiger partial charge on any atom is 1.00 e. The molecule has 0 spiro atoms. The van der Waals surface area contributed by atoms with E-state index in [9.17, 15) is 4.79 Å². The summed E-state index contributed by atoms with van der Waals surface area (Å²) in [5, 5.41) is 0. The van der Waals surface area contributed by atoms with Crippen molar-refractivity contribution in [3.63, 3.8) is 0 Å². The summed E-state index contributed by atoms with van der Waals surface area (Å²) in [6.45, 7) is 10.7. The smallest absolute Gasteiger partial charge is 0.780 e. The molecule has 2 rings (SSSR count). The molecule has 0 N–H and O–H groups in total. The van der Waals surface area contributed by atoms with Gasteiger partial charge in [0.1, 0.15) is 5.75 Å². The third-order valence-electron chi connectivity index (χ3n) is 4.13. The summed E-state index contributed by atoms with van der Waals surface area (Å²) in [5.41, 5.74) is 3.56. The molecule has 1 aliphatic carbocycles. The van der Waals surface area contributed by atoms with E-state index >= 15 is 0 Å². The summed E-state index contributed by atoms with van der Waals surface area (Å²) < 4.78 is 32.4. The van der Waals surface area contributed by atoms with E-state index in [-0.39, 0.29) is 76.4 Å². The van der Waals surface area contributed by atoms with Crippen molar-refractivity contribution < 1.29 is 82.0 Å². The predicted octanol–water partition coefficient (Wildman–Crippen LogP) is -2.69. The van der Waals surface area contributed by atoms with Gasteiger partial charge in [-0.2, -0.15) is 0 Å². The molecule has 0 amide bonds. The molecule has 0 heterocycles. The van der Waals surface area contributed by atoms with Gasteiger partial charge in [-0.25, -0.2) is 0 Å². The normalized spacial score (nSPS) is 13.5. The van der Waals surface area contributed by atoms with Gasteiger partial charge in [0.15, 0.2) is 0 Å². The van der Waals surface area contributed by atoms with E-state index in [4.69, 9.17) is 18.1 Å². The van der Waals surface area contributed by atoms with Crippen LogP contribution in [0.25, 0.3) is 0 Å². The topological polar surface area (TPSA) is 89.5 Å². The van der Waals surface area contributed by atoms with Gasteiger partial charge in [-0.1, -0.05) is 26.8 Å². The van der Waals surface area contributed by atoms with Crippen molar-refractivity contribution in [2.45, 2.75) is 59.3 Å². The van der Waals surface area contributed by atoms with Crippen molar-refractivity contribution in [1.29, 1.82) is 0 Å². The van der Waals surface area contributed by atoms with Gasteiger partial charge < -0.3 is 13.8 Å². The van der Waals surface area contributed by atoms with Crippen molar-refractivity contribution in [3.8, 4) is 5.75 Å². The van der Waals surface area contributed by atoms with E-state index in [2.05, 4.69) is 44.9 Å². The van der Waals surface area contributed by atoms with Crippen LogP contribution in [0.15, 0.2) is 12.1 Å². The second kappa shape index (κ2) is 11.9. The Morgan fingerprint density at radius 3 is 2.12 bits per heavy atom. The molecule has 0 aromatic heterocycles. The molecule has 0 atom stereocenters. The Bertz CT molecular complexity index is 706. The Labute approximate surface area is 206 Å². The van der Waals surface area contributed by atoms with Crippen molar-refractivity contribution in [2.75, 3.05) is 0 Å². The molecule has 0 bridgehead atoms. The van der Waals surface area contributed by atoms with Crippen molar-refractivity contribution in [2.24, 2.45) is 5.92 Å². The quantitative estimate of drug-likeness (QED) is 0.301. The van der Waals surface area contributed by atoms with E-state index in [0.717, 1.165) is 30.6 Å². The van der Waals surface area contributed by atoms with Crippen LogP contribution >= 0.6 is 0 Å². The number of ether oxygens (including phenoxy) is 1. The van der Waals surface area contributed by atoms with Crippen molar-refractivity contribution >= 4 is 26.2 Å². The van der Waals surface area contributed by atoms with E-state index < -0.39 is 9.05 Å². The largest absolute Gasteiger partial charge is 1.00 e. The Morgan fingerprint density at radius 2 is 1.73 bits per heavy atom. The van der Waals surface area contributed by atoms with Gasteiger partial charge in [-0.05, 0) is 66.9 Å². The number of carbonyl (C=O) groups is 1. The zero-order valence-corrected chi connectivity index (χ0v) is 22.3. The minimum Gasteiger partial charge on any atom is -0.780 e. The van der Waals surface area contributed by atoms with Crippen molar-refractivity contribution in [1.82, 2.24) is 0 Å². The molecule has 136 valence electrons.